The predicted molar refractivity (Wildman–Crippen MR) is 105 cm³/mol. The monoisotopic (exact) mass is 362 g/mol. The summed E-state index contributed by atoms with van der Waals surface area (Å²) in [6.45, 7) is 0. The van der Waals surface area contributed by atoms with E-state index in [0.29, 0.717) is 11.5 Å². The van der Waals surface area contributed by atoms with Gasteiger partial charge in [0.05, 0.1) is 24.2 Å². The van der Waals surface area contributed by atoms with Crippen molar-refractivity contribution in [1.29, 1.82) is 0 Å². The Bertz CT molecular complexity index is 1050. The molecule has 0 spiro atoms. The van der Waals surface area contributed by atoms with Gasteiger partial charge in [0.2, 0.25) is 0 Å². The Hall–Kier alpha value is -3.08. The summed E-state index contributed by atoms with van der Waals surface area (Å²) in [4.78, 5) is 25.4. The maximum Gasteiger partial charge on any atom is 0.252 e. The Morgan fingerprint density at radius 3 is 2.52 bits per heavy atom. The van der Waals surface area contributed by atoms with Crippen LogP contribution in [0.25, 0.3) is 10.9 Å². The van der Waals surface area contributed by atoms with Crippen LogP contribution in [0.1, 0.15) is 34.8 Å². The lowest BCUT2D eigenvalue weighted by atomic mass is 10.0. The smallest absolute Gasteiger partial charge is 0.252 e. The van der Waals surface area contributed by atoms with Crippen molar-refractivity contribution in [3.05, 3.63) is 76.1 Å². The minimum absolute atomic E-state index is 0.0637. The zero-order chi connectivity index (χ0) is 19.0. The Morgan fingerprint density at radius 1 is 1.15 bits per heavy atom. The standard InChI is InChI=1S/C22H22N2O3/c1-24-19-6-4-3-5-17(19)18(13-20(24)25)22(26)23-21(14-7-8-14)15-9-11-16(27-2)12-10-15/h3-6,9-14,21H,7-8H2,1-2H3,(H,23,26)/t21-/m1/s1. The van der Waals surface area contributed by atoms with Gasteiger partial charge in [-0.25, -0.2) is 0 Å². The molecule has 1 atom stereocenters. The summed E-state index contributed by atoms with van der Waals surface area (Å²) in [6, 6.07) is 16.6. The lowest BCUT2D eigenvalue weighted by Gasteiger charge is -2.20. The summed E-state index contributed by atoms with van der Waals surface area (Å²) in [7, 11) is 3.35. The van der Waals surface area contributed by atoms with Crippen LogP contribution in [-0.4, -0.2) is 17.6 Å². The first kappa shape index (κ1) is 17.3. The van der Waals surface area contributed by atoms with Gasteiger partial charge < -0.3 is 14.6 Å². The van der Waals surface area contributed by atoms with Crippen LogP contribution in [0.15, 0.2) is 59.4 Å². The summed E-state index contributed by atoms with van der Waals surface area (Å²) in [6.07, 6.45) is 2.18. The highest BCUT2D eigenvalue weighted by Gasteiger charge is 2.34. The molecule has 0 radical (unpaired) electrons. The Morgan fingerprint density at radius 2 is 1.85 bits per heavy atom. The fourth-order valence-corrected chi connectivity index (χ4v) is 3.53. The average Bonchev–Trinajstić information content (AvgIpc) is 3.54. The number of hydrogen-bond acceptors (Lipinski definition) is 3. The van der Waals surface area contributed by atoms with Gasteiger partial charge in [-0.05, 0) is 42.5 Å². The van der Waals surface area contributed by atoms with Crippen molar-refractivity contribution in [3.8, 4) is 5.75 Å². The Balaban J connectivity index is 1.69. The number of pyridine rings is 1. The normalized spacial score (nSPS) is 14.7. The van der Waals surface area contributed by atoms with Crippen molar-refractivity contribution >= 4 is 16.8 Å². The molecule has 0 saturated heterocycles. The minimum Gasteiger partial charge on any atom is -0.497 e. The van der Waals surface area contributed by atoms with E-state index < -0.39 is 0 Å². The van der Waals surface area contributed by atoms with E-state index in [4.69, 9.17) is 4.74 Å². The number of nitrogens with zero attached hydrogens (tertiary/aromatic N) is 1. The molecule has 27 heavy (non-hydrogen) atoms. The first-order valence-corrected chi connectivity index (χ1v) is 9.12. The molecule has 0 aliphatic heterocycles. The molecule has 0 bridgehead atoms. The highest BCUT2D eigenvalue weighted by Crippen LogP contribution is 2.41. The number of aromatic nitrogens is 1. The van der Waals surface area contributed by atoms with Gasteiger partial charge in [0, 0.05) is 18.5 Å². The van der Waals surface area contributed by atoms with E-state index in [2.05, 4.69) is 5.32 Å². The Kier molecular flexibility index (Phi) is 4.44. The molecule has 1 saturated carbocycles. The van der Waals surface area contributed by atoms with E-state index >= 15 is 0 Å². The van der Waals surface area contributed by atoms with Crippen LogP contribution in [0.5, 0.6) is 5.75 Å². The maximum absolute atomic E-state index is 13.1. The highest BCUT2D eigenvalue weighted by molar-refractivity contribution is 6.06. The van der Waals surface area contributed by atoms with Gasteiger partial charge in [-0.1, -0.05) is 30.3 Å². The lowest BCUT2D eigenvalue weighted by Crippen LogP contribution is -2.31. The van der Waals surface area contributed by atoms with E-state index in [0.717, 1.165) is 35.1 Å². The number of carbonyl (C=O) groups is 1. The zero-order valence-electron chi connectivity index (χ0n) is 15.4. The van der Waals surface area contributed by atoms with Crippen molar-refractivity contribution in [1.82, 2.24) is 9.88 Å². The predicted octanol–water partition coefficient (Wildman–Crippen LogP) is 3.43. The number of fused-ring (bicyclic) bond motifs is 1. The molecule has 1 amide bonds. The summed E-state index contributed by atoms with van der Waals surface area (Å²) >= 11 is 0. The van der Waals surface area contributed by atoms with E-state index in [1.165, 1.54) is 6.07 Å². The van der Waals surface area contributed by atoms with Crippen molar-refractivity contribution in [2.75, 3.05) is 7.11 Å². The molecule has 1 aliphatic rings. The first-order valence-electron chi connectivity index (χ1n) is 9.12. The molecule has 1 aliphatic carbocycles. The van der Waals surface area contributed by atoms with Gasteiger partial charge in [-0.15, -0.1) is 0 Å². The third-order valence-electron chi connectivity index (χ3n) is 5.25. The minimum atomic E-state index is -0.211. The van der Waals surface area contributed by atoms with Crippen LogP contribution in [0.4, 0.5) is 0 Å². The Labute approximate surface area is 157 Å². The van der Waals surface area contributed by atoms with E-state index in [9.17, 15) is 9.59 Å². The van der Waals surface area contributed by atoms with Crippen LogP contribution in [-0.2, 0) is 7.05 Å². The second-order valence-electron chi connectivity index (χ2n) is 7.03. The van der Waals surface area contributed by atoms with Gasteiger partial charge >= 0.3 is 0 Å². The largest absolute Gasteiger partial charge is 0.497 e. The number of para-hydroxylation sites is 1. The third kappa shape index (κ3) is 3.33. The van der Waals surface area contributed by atoms with Gasteiger partial charge in [0.25, 0.3) is 11.5 Å². The molecule has 3 aromatic rings. The molecular weight excluding hydrogens is 340 g/mol. The van der Waals surface area contributed by atoms with Crippen LogP contribution < -0.4 is 15.6 Å². The third-order valence-corrected chi connectivity index (χ3v) is 5.25. The lowest BCUT2D eigenvalue weighted by molar-refractivity contribution is 0.0933. The second-order valence-corrected chi connectivity index (χ2v) is 7.03. The van der Waals surface area contributed by atoms with Crippen molar-refractivity contribution < 1.29 is 9.53 Å². The number of benzene rings is 2. The summed E-state index contributed by atoms with van der Waals surface area (Å²) < 4.78 is 6.79. The molecular formula is C22H22N2O3. The van der Waals surface area contributed by atoms with E-state index in [1.54, 1.807) is 18.7 Å². The van der Waals surface area contributed by atoms with E-state index in [-0.39, 0.29) is 17.5 Å². The summed E-state index contributed by atoms with van der Waals surface area (Å²) in [5.41, 5.74) is 2.04. The number of hydrogen-bond donors (Lipinski definition) is 1. The number of carbonyl (C=O) groups excluding carboxylic acids is 1. The van der Waals surface area contributed by atoms with E-state index in [1.807, 2.05) is 48.5 Å². The number of rotatable bonds is 5. The van der Waals surface area contributed by atoms with Crippen LogP contribution in [0, 0.1) is 5.92 Å². The van der Waals surface area contributed by atoms with Gasteiger partial charge in [-0.2, -0.15) is 0 Å². The van der Waals surface area contributed by atoms with Crippen LogP contribution in [0.2, 0.25) is 0 Å². The first-order chi connectivity index (χ1) is 13.1. The fourth-order valence-electron chi connectivity index (χ4n) is 3.53. The second kappa shape index (κ2) is 6.91. The number of aryl methyl sites for hydroxylation is 1. The van der Waals surface area contributed by atoms with Gasteiger partial charge in [0.1, 0.15) is 5.75 Å². The fraction of sp³-hybridized carbons (Fsp3) is 0.273. The molecule has 2 aromatic carbocycles. The molecule has 138 valence electrons. The maximum atomic E-state index is 13.1. The molecule has 1 aromatic heterocycles. The summed E-state index contributed by atoms with van der Waals surface area (Å²) in [5, 5.41) is 3.94. The average molecular weight is 362 g/mol. The number of nitrogens with one attached hydrogen (secondary N) is 1. The number of methoxy groups -OCH3 is 1. The molecule has 1 heterocycles. The molecule has 5 heteroatoms. The number of amides is 1. The van der Waals surface area contributed by atoms with Crippen LogP contribution in [0.3, 0.4) is 0 Å². The SMILES string of the molecule is COc1ccc([C@H](NC(=O)c2cc(=O)n(C)c3ccccc23)C2CC2)cc1. The molecule has 1 N–H and O–H groups in total. The van der Waals surface area contributed by atoms with Crippen molar-refractivity contribution in [2.24, 2.45) is 13.0 Å². The quantitative estimate of drug-likeness (QED) is 0.756. The molecule has 4 rings (SSSR count). The molecule has 0 unspecified atom stereocenters. The summed E-state index contributed by atoms with van der Waals surface area (Å²) in [5.74, 6) is 1.01. The van der Waals surface area contributed by atoms with Gasteiger partial charge in [-0.3, -0.25) is 9.59 Å². The topological polar surface area (TPSA) is 60.3 Å². The zero-order valence-corrected chi connectivity index (χ0v) is 15.4. The highest BCUT2D eigenvalue weighted by atomic mass is 16.5. The molecule has 5 nitrogen and oxygen atoms in total. The van der Waals surface area contributed by atoms with Crippen molar-refractivity contribution in [3.63, 3.8) is 0 Å². The number of ether oxygens (including phenoxy) is 1. The van der Waals surface area contributed by atoms with Crippen molar-refractivity contribution in [2.45, 2.75) is 18.9 Å². The van der Waals surface area contributed by atoms with Crippen LogP contribution >= 0.6 is 0 Å². The molecule has 1 fully saturated rings. The van der Waals surface area contributed by atoms with Gasteiger partial charge in [0.15, 0.2) is 0 Å².